The number of rotatable bonds is 13. The average Bonchev–Trinajstić information content (AvgIpc) is 3.95. The van der Waals surface area contributed by atoms with Gasteiger partial charge < -0.3 is 41.2 Å². The lowest BCUT2D eigenvalue weighted by molar-refractivity contribution is -0.143. The first-order chi connectivity index (χ1) is 33.9. The zero-order valence-electron chi connectivity index (χ0n) is 40.7. The molecule has 2 fully saturated rings. The molecule has 2 saturated heterocycles. The quantitative estimate of drug-likeness (QED) is 0.0764. The zero-order valence-corrected chi connectivity index (χ0v) is 41.6. The first-order valence-corrected chi connectivity index (χ1v) is 24.1. The highest BCUT2D eigenvalue weighted by molar-refractivity contribution is 7.13. The fourth-order valence-electron chi connectivity index (χ4n) is 8.91. The van der Waals surface area contributed by atoms with E-state index in [-0.39, 0.29) is 54.0 Å². The van der Waals surface area contributed by atoms with Crippen LogP contribution in [0.5, 0.6) is 0 Å². The number of piperazine rings is 1. The number of nitrogens with one attached hydrogen (secondary N) is 5. The Morgan fingerprint density at radius 1 is 0.903 bits per heavy atom. The van der Waals surface area contributed by atoms with Gasteiger partial charge in [0.1, 0.15) is 17.9 Å². The van der Waals surface area contributed by atoms with Gasteiger partial charge in [-0.05, 0) is 80.3 Å². The molecule has 5 amide bonds. The Hall–Kier alpha value is -6.97. The first-order valence-electron chi connectivity index (χ1n) is 23.2. The van der Waals surface area contributed by atoms with E-state index in [0.29, 0.717) is 31.0 Å². The molecule has 2 aromatic heterocycles. The SMILES string of the molecule is Cc1ncsc1-c1ccc(CNC(=O)C2CC(O)CN2C(=O)C(NC(=O)CNC(=O)c2ccc(F)c(-c3ccc(N4CC(C)N(C)C(C)C4)c(NC(=O)c4c[nH]c(=O)cc4C(F)(F)F)c3)c2)C(C)(C)C)cc1. The van der Waals surface area contributed by atoms with Crippen molar-refractivity contribution in [1.29, 1.82) is 0 Å². The van der Waals surface area contributed by atoms with E-state index in [0.717, 1.165) is 27.8 Å². The van der Waals surface area contributed by atoms with Crippen molar-refractivity contribution < 1.29 is 46.6 Å². The minimum Gasteiger partial charge on any atom is -0.391 e. The summed E-state index contributed by atoms with van der Waals surface area (Å²) in [5.74, 6) is -4.59. The molecule has 0 spiro atoms. The molecule has 21 heteroatoms. The van der Waals surface area contributed by atoms with Gasteiger partial charge in [-0.1, -0.05) is 51.1 Å². The van der Waals surface area contributed by atoms with Crippen LogP contribution in [0, 0.1) is 18.2 Å². The van der Waals surface area contributed by atoms with Gasteiger partial charge in [0.15, 0.2) is 0 Å². The van der Waals surface area contributed by atoms with Crippen molar-refractivity contribution in [3.05, 3.63) is 123 Å². The lowest BCUT2D eigenvalue weighted by atomic mass is 9.85. The predicted molar refractivity (Wildman–Crippen MR) is 265 cm³/mol. The summed E-state index contributed by atoms with van der Waals surface area (Å²) < 4.78 is 57.8. The number of likely N-dealkylation sites (tertiary alicyclic amines) is 1. The van der Waals surface area contributed by atoms with Crippen LogP contribution in [-0.2, 0) is 27.1 Å². The van der Waals surface area contributed by atoms with Crippen LogP contribution in [0.15, 0.2) is 83.2 Å². The summed E-state index contributed by atoms with van der Waals surface area (Å²) in [5.41, 5.74) is 0.686. The molecule has 2 aliphatic rings. The topological polar surface area (TPSA) is 209 Å². The summed E-state index contributed by atoms with van der Waals surface area (Å²) in [6, 6.07) is 13.8. The number of thiazole rings is 1. The second-order valence-corrected chi connectivity index (χ2v) is 20.3. The molecule has 0 radical (unpaired) electrons. The van der Waals surface area contributed by atoms with E-state index in [1.165, 1.54) is 34.4 Å². The van der Waals surface area contributed by atoms with Crippen LogP contribution >= 0.6 is 11.3 Å². The number of aromatic amines is 1. The van der Waals surface area contributed by atoms with Gasteiger partial charge in [-0.25, -0.2) is 9.37 Å². The summed E-state index contributed by atoms with van der Waals surface area (Å²) in [6.45, 7) is 11.4. The van der Waals surface area contributed by atoms with E-state index >= 15 is 4.39 Å². The number of halogens is 4. The van der Waals surface area contributed by atoms with E-state index in [9.17, 15) is 47.0 Å². The van der Waals surface area contributed by atoms with Gasteiger partial charge in [0.05, 0.1) is 51.2 Å². The van der Waals surface area contributed by atoms with Crippen molar-refractivity contribution in [1.82, 2.24) is 35.7 Å². The van der Waals surface area contributed by atoms with Gasteiger partial charge in [-0.3, -0.25) is 33.7 Å². The number of anilines is 2. The number of aliphatic hydroxyl groups is 1. The third-order valence-electron chi connectivity index (χ3n) is 13.1. The summed E-state index contributed by atoms with van der Waals surface area (Å²) in [7, 11) is 1.96. The molecular weight excluding hydrogens is 959 g/mol. The highest BCUT2D eigenvalue weighted by atomic mass is 32.1. The van der Waals surface area contributed by atoms with Crippen LogP contribution in [0.3, 0.4) is 0 Å². The summed E-state index contributed by atoms with van der Waals surface area (Å²) in [4.78, 5) is 93.1. The maximum atomic E-state index is 15.7. The van der Waals surface area contributed by atoms with Crippen molar-refractivity contribution in [3.63, 3.8) is 0 Å². The molecule has 6 N–H and O–H groups in total. The number of aromatic nitrogens is 2. The molecule has 2 aliphatic heterocycles. The number of carbonyl (C=O) groups is 5. The number of hydrogen-bond donors (Lipinski definition) is 6. The smallest absolute Gasteiger partial charge is 0.391 e. The fourth-order valence-corrected chi connectivity index (χ4v) is 9.72. The number of H-pyrrole nitrogens is 1. The standard InChI is InChI=1S/C51H57F4N9O7S/c1-27-23-63(24-28(2)62(27)7)40-15-13-32(17-39(40)60-47(69)36-21-56-42(66)19-37(36)51(53,54)55)35-16-33(12-14-38(35)52)46(68)58-22-43(67)61-45(50(4,5)6)49(71)64-25-34(65)18-41(64)48(70)57-20-30-8-10-31(11-9-30)44-29(3)59-26-72-44/h8-17,19,21,26-28,34,41,45,65H,18,20,22-25H2,1-7H3,(H,56,66)(H,57,70)(H,58,68)(H,60,69)(H,61,67). The molecule has 0 aliphatic carbocycles. The molecule has 3 aromatic carbocycles. The Balaban J connectivity index is 1.04. The number of nitrogens with zero attached hydrogens (tertiary/aromatic N) is 4. The van der Waals surface area contributed by atoms with Crippen LogP contribution in [0.4, 0.5) is 28.9 Å². The Labute approximate surface area is 417 Å². The second-order valence-electron chi connectivity index (χ2n) is 19.4. The van der Waals surface area contributed by atoms with E-state index < -0.39 is 88.4 Å². The van der Waals surface area contributed by atoms with Crippen molar-refractivity contribution in [2.24, 2.45) is 5.41 Å². The highest BCUT2D eigenvalue weighted by Gasteiger charge is 2.44. The maximum absolute atomic E-state index is 15.7. The maximum Gasteiger partial charge on any atom is 0.417 e. The van der Waals surface area contributed by atoms with Gasteiger partial charge >= 0.3 is 6.18 Å². The Bertz CT molecular complexity index is 2910. The number of amides is 5. The first kappa shape index (κ1) is 52.8. The van der Waals surface area contributed by atoms with E-state index in [4.69, 9.17) is 0 Å². The number of benzene rings is 3. The third-order valence-corrected chi connectivity index (χ3v) is 14.1. The van der Waals surface area contributed by atoms with Crippen molar-refractivity contribution >= 4 is 52.2 Å². The Kier molecular flexibility index (Phi) is 15.7. The van der Waals surface area contributed by atoms with Gasteiger partial charge in [-0.15, -0.1) is 11.3 Å². The average molecular weight is 1020 g/mol. The van der Waals surface area contributed by atoms with Crippen LogP contribution in [-0.4, -0.2) is 118 Å². The molecule has 5 unspecified atom stereocenters. The number of carbonyl (C=O) groups excluding carboxylic acids is 5. The number of hydrogen-bond acceptors (Lipinski definition) is 11. The van der Waals surface area contributed by atoms with Crippen LogP contribution in [0.1, 0.15) is 78.6 Å². The number of alkyl halides is 3. The zero-order chi connectivity index (χ0) is 52.4. The van der Waals surface area contributed by atoms with Gasteiger partial charge in [0.25, 0.3) is 11.8 Å². The fraction of sp³-hybridized carbons (Fsp3) is 0.392. The van der Waals surface area contributed by atoms with Gasteiger partial charge in [0, 0.05) is 68.1 Å². The minimum absolute atomic E-state index is 0.0177. The summed E-state index contributed by atoms with van der Waals surface area (Å²) in [5, 5.41) is 21.2. The molecule has 0 saturated carbocycles. The summed E-state index contributed by atoms with van der Waals surface area (Å²) >= 11 is 1.53. The molecular formula is C51H57F4N9O7S. The van der Waals surface area contributed by atoms with Crippen molar-refractivity contribution in [3.8, 4) is 21.6 Å². The summed E-state index contributed by atoms with van der Waals surface area (Å²) in [6.07, 6.45) is -5.37. The van der Waals surface area contributed by atoms with Crippen LogP contribution in [0.2, 0.25) is 0 Å². The number of likely N-dealkylation sites (N-methyl/N-ethyl adjacent to an activating group) is 1. The normalized spacial score (nSPS) is 18.9. The molecule has 382 valence electrons. The molecule has 72 heavy (non-hydrogen) atoms. The van der Waals surface area contributed by atoms with E-state index in [1.807, 2.05) is 57.0 Å². The van der Waals surface area contributed by atoms with Crippen molar-refractivity contribution in [2.75, 3.05) is 43.4 Å². The lowest BCUT2D eigenvalue weighted by Crippen LogP contribution is -2.58. The molecule has 4 heterocycles. The number of aliphatic hydroxyl groups excluding tert-OH is 1. The Morgan fingerprint density at radius 3 is 2.22 bits per heavy atom. The molecule has 5 aromatic rings. The van der Waals surface area contributed by atoms with Gasteiger partial charge in [-0.2, -0.15) is 13.2 Å². The number of pyridine rings is 1. The molecule has 5 atom stereocenters. The van der Waals surface area contributed by atoms with E-state index in [1.54, 1.807) is 38.4 Å². The van der Waals surface area contributed by atoms with E-state index in [2.05, 4.69) is 36.1 Å². The predicted octanol–water partition coefficient (Wildman–Crippen LogP) is 5.95. The molecule has 0 bridgehead atoms. The molecule has 16 nitrogen and oxygen atoms in total. The second kappa shape index (κ2) is 21.4. The lowest BCUT2D eigenvalue weighted by Gasteiger charge is -2.44. The van der Waals surface area contributed by atoms with Gasteiger partial charge in [0.2, 0.25) is 23.3 Å². The minimum atomic E-state index is -5.04. The molecule has 7 rings (SSSR count). The third kappa shape index (κ3) is 12.0. The van der Waals surface area contributed by atoms with Crippen LogP contribution < -0.4 is 31.7 Å². The monoisotopic (exact) mass is 1020 g/mol. The Morgan fingerprint density at radius 2 is 1.58 bits per heavy atom. The highest BCUT2D eigenvalue weighted by Crippen LogP contribution is 2.37. The van der Waals surface area contributed by atoms with Crippen molar-refractivity contribution in [2.45, 2.75) is 91.0 Å². The number of aryl methyl sites for hydroxylation is 1. The van der Waals surface area contributed by atoms with Crippen LogP contribution in [0.25, 0.3) is 21.6 Å². The largest absolute Gasteiger partial charge is 0.417 e. The number of β-amino-alcohol motifs (C(OH)–C–C–N with tert-alkyl or cyclic N) is 1.